The summed E-state index contributed by atoms with van der Waals surface area (Å²) in [6.45, 7) is 3.10. The molecule has 0 rings (SSSR count). The molecule has 0 aromatic heterocycles. The Kier molecular flexibility index (Phi) is 7.63. The summed E-state index contributed by atoms with van der Waals surface area (Å²) >= 11 is 0. The monoisotopic (exact) mass is 166 g/mol. The largest absolute Gasteiger partial charge is 0.428 e. The van der Waals surface area contributed by atoms with Crippen molar-refractivity contribution in [1.29, 1.82) is 0 Å². The molecule has 1 nitrogen and oxygen atoms in total. The van der Waals surface area contributed by atoms with E-state index in [-0.39, 0.29) is 9.28 Å². The fourth-order valence-electron chi connectivity index (χ4n) is 0.391. The lowest BCUT2D eigenvalue weighted by Gasteiger charge is -1.93. The maximum absolute atomic E-state index is 5.33. The molecule has 0 aliphatic heterocycles. The third kappa shape index (κ3) is 6.83. The van der Waals surface area contributed by atoms with E-state index in [1.165, 1.54) is 0 Å². The molecule has 0 unspecified atom stereocenters. The van der Waals surface area contributed by atoms with E-state index in [2.05, 4.69) is 6.92 Å². The van der Waals surface area contributed by atoms with Gasteiger partial charge in [0, 0.05) is 15.2 Å². The van der Waals surface area contributed by atoms with Crippen molar-refractivity contribution in [1.82, 2.24) is 0 Å². The molecule has 0 aromatic rings. The van der Waals surface area contributed by atoms with Gasteiger partial charge in [0.05, 0.1) is 0 Å². The summed E-state index contributed by atoms with van der Waals surface area (Å²) in [7, 11) is 2.84. The molecule has 0 atom stereocenters. The topological polar surface area (TPSA) is 9.23 Å². The Hall–Kier alpha value is 0.828. The van der Waals surface area contributed by atoms with Gasteiger partial charge in [0.2, 0.25) is 0 Å². The van der Waals surface area contributed by atoms with Crippen molar-refractivity contribution >= 4 is 36.1 Å². The predicted octanol–water partition coefficient (Wildman–Crippen LogP) is -3.45. The van der Waals surface area contributed by atoms with E-state index in [9.17, 15) is 0 Å². The van der Waals surface area contributed by atoms with Crippen LogP contribution in [0, 0.1) is 0 Å². The van der Waals surface area contributed by atoms with Crippen LogP contribution < -0.4 is 0 Å². The molecule has 0 aliphatic carbocycles. The van der Waals surface area contributed by atoms with Crippen molar-refractivity contribution in [2.45, 2.75) is 6.92 Å². The fraction of sp³-hybridized carbons (Fsp3) is 1.00. The molecule has 7 heavy (non-hydrogen) atoms. The molecule has 0 radical (unpaired) electrons. The predicted molar refractivity (Wildman–Crippen MR) is 47.2 cm³/mol. The summed E-state index contributed by atoms with van der Waals surface area (Å²) in [5.74, 6) is 0. The molecule has 0 heterocycles. The summed E-state index contributed by atoms with van der Waals surface area (Å²) < 4.78 is 5.33. The Balaban J connectivity index is 2.45. The molecule has 0 aliphatic rings. The van der Waals surface area contributed by atoms with Crippen molar-refractivity contribution in [3.63, 3.8) is 0 Å². The molecule has 0 spiro atoms. The zero-order valence-corrected chi connectivity index (χ0v) is 11.5. The van der Waals surface area contributed by atoms with E-state index < -0.39 is 0 Å². The quantitative estimate of drug-likeness (QED) is 0.312. The molecule has 0 saturated heterocycles. The lowest BCUT2D eigenvalue weighted by molar-refractivity contribution is 0.370. The fourth-order valence-corrected chi connectivity index (χ4v) is 15.7. The third-order valence-corrected chi connectivity index (χ3v) is 34.4. The zero-order chi connectivity index (χ0) is 5.54. The van der Waals surface area contributed by atoms with Crippen LogP contribution in [0.3, 0.4) is 0 Å². The van der Waals surface area contributed by atoms with Crippen molar-refractivity contribution < 1.29 is 4.43 Å². The molecule has 0 bridgehead atoms. The number of hydrogen-bond acceptors (Lipinski definition) is 1. The summed E-state index contributed by atoms with van der Waals surface area (Å²) in [6, 6.07) is 0. The van der Waals surface area contributed by atoms with Crippen molar-refractivity contribution in [3.05, 3.63) is 0 Å². The van der Waals surface area contributed by atoms with Crippen LogP contribution in [0.5, 0.6) is 0 Å². The van der Waals surface area contributed by atoms with Gasteiger partial charge >= 0.3 is 0 Å². The van der Waals surface area contributed by atoms with E-state index in [0.29, 0.717) is 17.1 Å². The average Bonchev–Trinajstić information content (AvgIpc) is 1.69. The van der Waals surface area contributed by atoms with E-state index in [4.69, 9.17) is 4.43 Å². The van der Waals surface area contributed by atoms with Crippen LogP contribution >= 0.6 is 0 Å². The van der Waals surface area contributed by atoms with Crippen LogP contribution in [0.25, 0.3) is 0 Å². The van der Waals surface area contributed by atoms with Gasteiger partial charge in [0.15, 0.2) is 0 Å². The van der Waals surface area contributed by atoms with Gasteiger partial charge < -0.3 is 4.43 Å². The minimum Gasteiger partial charge on any atom is -0.428 e. The molecule has 5 heteroatoms. The van der Waals surface area contributed by atoms with E-state index in [1.54, 1.807) is 9.76 Å². The highest BCUT2D eigenvalue weighted by molar-refractivity contribution is 7.40. The van der Waals surface area contributed by atoms with Gasteiger partial charge in [-0.1, -0.05) is 0 Å². The first-order valence-electron chi connectivity index (χ1n) is 2.99. The summed E-state index contributed by atoms with van der Waals surface area (Å²) in [6.07, 6.45) is 0. The lowest BCUT2D eigenvalue weighted by atomic mass is 10.9. The Morgan fingerprint density at radius 2 is 2.43 bits per heavy atom. The van der Waals surface area contributed by atoms with Crippen molar-refractivity contribution in [2.75, 3.05) is 6.61 Å². The minimum absolute atomic E-state index is 0.147. The van der Waals surface area contributed by atoms with E-state index in [0.717, 1.165) is 6.61 Å². The van der Waals surface area contributed by atoms with Gasteiger partial charge in [-0.05, 0) is 25.2 Å². The summed E-state index contributed by atoms with van der Waals surface area (Å²) in [5.41, 5.74) is 0. The highest BCUT2D eigenvalue weighted by atomic mass is 29.7. The normalized spacial score (nSPS) is 15.0. The molecule has 0 aromatic carbocycles. The average molecular weight is 166 g/mol. The Labute approximate surface area is 54.6 Å². The van der Waals surface area contributed by atoms with Crippen LogP contribution in [-0.2, 0) is 4.43 Å². The second kappa shape index (κ2) is 6.83. The van der Waals surface area contributed by atoms with Crippen LogP contribution in [0.15, 0.2) is 0 Å². The van der Waals surface area contributed by atoms with Crippen molar-refractivity contribution in [3.8, 4) is 0 Å². The van der Waals surface area contributed by atoms with E-state index >= 15 is 0 Å². The molecule has 0 saturated carbocycles. The maximum atomic E-state index is 5.33. The van der Waals surface area contributed by atoms with Crippen molar-refractivity contribution in [2.24, 2.45) is 0 Å². The van der Waals surface area contributed by atoms with E-state index in [1.807, 2.05) is 0 Å². The first-order chi connectivity index (χ1) is 3.41. The summed E-state index contributed by atoms with van der Waals surface area (Å²) in [5, 5.41) is 0. The zero-order valence-electron chi connectivity index (χ0n) is 5.24. The molecule has 0 fully saturated rings. The smallest absolute Gasteiger partial charge is 0.140 e. The molecule has 0 N–H and O–H groups in total. The first kappa shape index (κ1) is 7.83. The minimum atomic E-state index is 0.147. The van der Waals surface area contributed by atoms with Gasteiger partial charge in [-0.3, -0.25) is 0 Å². The maximum Gasteiger partial charge on any atom is 0.140 e. The number of hydrogen-bond donors (Lipinski definition) is 0. The molecule has 0 amide bonds. The third-order valence-electron chi connectivity index (χ3n) is 0.846. The molecular weight excluding hydrogens is 152 g/mol. The van der Waals surface area contributed by atoms with Gasteiger partial charge in [-0.25, -0.2) is 0 Å². The van der Waals surface area contributed by atoms with Gasteiger partial charge in [-0.15, -0.1) is 0 Å². The van der Waals surface area contributed by atoms with Crippen LogP contribution in [0.1, 0.15) is 6.92 Å². The SMILES string of the molecule is CCO[SiH2][SiH2][SiH2][SiH3]. The number of rotatable bonds is 4. The second-order valence-electron chi connectivity index (χ2n) is 1.55. The Morgan fingerprint density at radius 3 is 2.86 bits per heavy atom. The van der Waals surface area contributed by atoms with Gasteiger partial charge in [-0.2, -0.15) is 0 Å². The lowest BCUT2D eigenvalue weighted by Crippen LogP contribution is -2.15. The highest BCUT2D eigenvalue weighted by Crippen LogP contribution is 1.62. The molecular formula is C2H14OSi4. The first-order valence-corrected chi connectivity index (χ1v) is 17.2. The van der Waals surface area contributed by atoms with Crippen LogP contribution in [0.4, 0.5) is 0 Å². The second-order valence-corrected chi connectivity index (χ2v) is 25.8. The van der Waals surface area contributed by atoms with Gasteiger partial charge in [0.25, 0.3) is 0 Å². The standard InChI is InChI=1S/C2H14OSi4/c1-2-3-5-7-6-4/h2,5-7H2,1,4H3. The summed E-state index contributed by atoms with van der Waals surface area (Å²) in [4.78, 5) is 0. The highest BCUT2D eigenvalue weighted by Gasteiger charge is 1.82. The Bertz CT molecular complexity index is 28.9. The molecule has 44 valence electrons. The van der Waals surface area contributed by atoms with Gasteiger partial charge in [0.1, 0.15) is 9.28 Å². The van der Waals surface area contributed by atoms with Crippen LogP contribution in [0.2, 0.25) is 0 Å². The Morgan fingerprint density at radius 1 is 1.71 bits per heavy atom. The van der Waals surface area contributed by atoms with Crippen LogP contribution in [-0.4, -0.2) is 42.8 Å².